The molecule has 2 aromatic heterocycles. The molecule has 10 nitrogen and oxygen atoms in total. The number of nitrogens with zero attached hydrogens (tertiary/aromatic N) is 4. The highest BCUT2D eigenvalue weighted by atomic mass is 32.2. The molecule has 2 aromatic rings. The van der Waals surface area contributed by atoms with Crippen LogP contribution in [0.3, 0.4) is 0 Å². The van der Waals surface area contributed by atoms with E-state index in [-0.39, 0.29) is 30.2 Å². The van der Waals surface area contributed by atoms with Gasteiger partial charge in [-0.25, -0.2) is 8.42 Å². The molecule has 2 fully saturated rings. The monoisotopic (exact) mass is 395 g/mol. The van der Waals surface area contributed by atoms with E-state index in [1.807, 2.05) is 0 Å². The van der Waals surface area contributed by atoms with Crippen LogP contribution in [0.4, 0.5) is 0 Å². The summed E-state index contributed by atoms with van der Waals surface area (Å²) in [6.07, 6.45) is 3.14. The molecule has 4 rings (SSSR count). The van der Waals surface area contributed by atoms with Gasteiger partial charge in [0.05, 0.1) is 28.3 Å². The Bertz CT molecular complexity index is 998. The molecule has 2 saturated heterocycles. The van der Waals surface area contributed by atoms with Crippen molar-refractivity contribution in [3.05, 3.63) is 24.0 Å². The van der Waals surface area contributed by atoms with Gasteiger partial charge in [-0.05, 0) is 6.07 Å². The van der Waals surface area contributed by atoms with Gasteiger partial charge in [-0.15, -0.1) is 0 Å². The van der Waals surface area contributed by atoms with Crippen LogP contribution in [-0.4, -0.2) is 75.2 Å². The highest BCUT2D eigenvalue weighted by Crippen LogP contribution is 2.33. The van der Waals surface area contributed by atoms with Crippen LogP contribution in [-0.2, 0) is 21.7 Å². The van der Waals surface area contributed by atoms with Crippen molar-refractivity contribution in [2.24, 2.45) is 18.7 Å². The molecule has 146 valence electrons. The van der Waals surface area contributed by atoms with Gasteiger partial charge in [0.15, 0.2) is 9.84 Å². The molecule has 3 N–H and O–H groups in total. The number of hydrogen-bond donors (Lipinski definition) is 2. The fourth-order valence-electron chi connectivity index (χ4n) is 3.60. The summed E-state index contributed by atoms with van der Waals surface area (Å²) in [5, 5.41) is 11.0. The number of fused-ring (bicyclic) bond motifs is 2. The van der Waals surface area contributed by atoms with Crippen LogP contribution in [0.5, 0.6) is 0 Å². The Morgan fingerprint density at radius 2 is 1.96 bits per heavy atom. The van der Waals surface area contributed by atoms with Crippen molar-refractivity contribution in [3.8, 4) is 0 Å². The molecule has 0 aromatic carbocycles. The summed E-state index contributed by atoms with van der Waals surface area (Å²) in [6, 6.07) is 1.35. The van der Waals surface area contributed by atoms with Gasteiger partial charge in [0.2, 0.25) is 0 Å². The zero-order chi connectivity index (χ0) is 19.9. The van der Waals surface area contributed by atoms with Crippen LogP contribution in [0, 0.1) is 5.92 Å². The molecule has 0 spiro atoms. The highest BCUT2D eigenvalue weighted by Gasteiger charge is 2.51. The molecular formula is C16H21N5O5S. The molecule has 0 aliphatic carbocycles. The Balaban J connectivity index is 0.000000481. The molecule has 2 aliphatic rings. The summed E-state index contributed by atoms with van der Waals surface area (Å²) in [5.41, 5.74) is 7.85. The van der Waals surface area contributed by atoms with E-state index in [2.05, 4.69) is 10.1 Å². The first-order valence-corrected chi connectivity index (χ1v) is 10.1. The predicted molar refractivity (Wildman–Crippen MR) is 96.8 cm³/mol. The largest absolute Gasteiger partial charge is 0.481 e. The van der Waals surface area contributed by atoms with Crippen LogP contribution in [0.1, 0.15) is 17.3 Å². The summed E-state index contributed by atoms with van der Waals surface area (Å²) in [5.74, 6) is -1.19. The lowest BCUT2D eigenvalue weighted by molar-refractivity contribution is -0.134. The Morgan fingerprint density at radius 3 is 2.59 bits per heavy atom. The highest BCUT2D eigenvalue weighted by molar-refractivity contribution is 7.92. The lowest BCUT2D eigenvalue weighted by Gasteiger charge is -2.18. The van der Waals surface area contributed by atoms with Crippen molar-refractivity contribution in [2.45, 2.75) is 18.2 Å². The molecule has 3 atom stereocenters. The number of carboxylic acid groups (broad SMARTS) is 1. The lowest BCUT2D eigenvalue weighted by atomic mass is 10.0. The third-order valence-corrected chi connectivity index (χ3v) is 7.15. The second kappa shape index (κ2) is 6.89. The lowest BCUT2D eigenvalue weighted by Crippen LogP contribution is -2.35. The molecular weight excluding hydrogens is 374 g/mol. The number of hydrogen-bond acceptors (Lipinski definition) is 7. The minimum Gasteiger partial charge on any atom is -0.481 e. The van der Waals surface area contributed by atoms with Crippen LogP contribution in [0.15, 0.2) is 18.5 Å². The maximum atomic E-state index is 12.7. The quantitative estimate of drug-likeness (QED) is 0.641. The maximum Gasteiger partial charge on any atom is 0.300 e. The van der Waals surface area contributed by atoms with E-state index >= 15 is 0 Å². The van der Waals surface area contributed by atoms with Crippen LogP contribution >= 0.6 is 0 Å². The minimum absolute atomic E-state index is 0.0207. The van der Waals surface area contributed by atoms with Gasteiger partial charge in [-0.2, -0.15) is 5.10 Å². The minimum atomic E-state index is -3.20. The first-order chi connectivity index (χ1) is 12.6. The van der Waals surface area contributed by atoms with Gasteiger partial charge in [0, 0.05) is 45.2 Å². The van der Waals surface area contributed by atoms with E-state index in [4.69, 9.17) is 15.6 Å². The molecule has 0 radical (unpaired) electrons. The molecule has 11 heteroatoms. The van der Waals surface area contributed by atoms with E-state index in [0.717, 1.165) is 12.4 Å². The summed E-state index contributed by atoms with van der Waals surface area (Å²) < 4.78 is 25.9. The van der Waals surface area contributed by atoms with E-state index in [1.165, 1.54) is 6.20 Å². The number of carbonyl (C=O) groups is 2. The third-order valence-electron chi connectivity index (χ3n) is 4.88. The predicted octanol–water partition coefficient (Wildman–Crippen LogP) is -0.744. The van der Waals surface area contributed by atoms with Crippen molar-refractivity contribution in [2.75, 3.05) is 18.8 Å². The zero-order valence-corrected chi connectivity index (χ0v) is 15.8. The number of carboxylic acids is 1. The molecule has 0 unspecified atom stereocenters. The number of aromatic nitrogens is 3. The van der Waals surface area contributed by atoms with Gasteiger partial charge in [0.25, 0.3) is 11.9 Å². The smallest absolute Gasteiger partial charge is 0.300 e. The van der Waals surface area contributed by atoms with Gasteiger partial charge in [0.1, 0.15) is 5.52 Å². The van der Waals surface area contributed by atoms with Gasteiger partial charge < -0.3 is 15.7 Å². The Labute approximate surface area is 155 Å². The number of aliphatic carboxylic acids is 1. The van der Waals surface area contributed by atoms with Gasteiger partial charge in [-0.3, -0.25) is 19.3 Å². The second-order valence-corrected chi connectivity index (χ2v) is 9.09. The van der Waals surface area contributed by atoms with Crippen LogP contribution in [0.2, 0.25) is 0 Å². The maximum absolute atomic E-state index is 12.7. The second-order valence-electron chi connectivity index (χ2n) is 6.82. The molecule has 27 heavy (non-hydrogen) atoms. The normalized spacial score (nSPS) is 25.7. The molecule has 0 saturated carbocycles. The van der Waals surface area contributed by atoms with E-state index in [0.29, 0.717) is 17.6 Å². The number of sulfone groups is 1. The fraction of sp³-hybridized carbons (Fsp3) is 0.500. The van der Waals surface area contributed by atoms with Crippen molar-refractivity contribution in [1.82, 2.24) is 19.7 Å². The molecule has 1 amide bonds. The van der Waals surface area contributed by atoms with Crippen LogP contribution < -0.4 is 5.73 Å². The number of carbonyl (C=O) groups excluding carboxylic acids is 1. The average molecular weight is 395 g/mol. The first-order valence-electron chi connectivity index (χ1n) is 8.34. The number of nitrogens with two attached hydrogens (primary N) is 1. The summed E-state index contributed by atoms with van der Waals surface area (Å²) in [4.78, 5) is 27.5. The zero-order valence-electron chi connectivity index (χ0n) is 14.9. The average Bonchev–Trinajstić information content (AvgIpc) is 3.23. The van der Waals surface area contributed by atoms with Crippen molar-refractivity contribution >= 4 is 32.7 Å². The van der Waals surface area contributed by atoms with Gasteiger partial charge >= 0.3 is 0 Å². The summed E-state index contributed by atoms with van der Waals surface area (Å²) >= 11 is 0. The van der Waals surface area contributed by atoms with Crippen LogP contribution in [0.25, 0.3) is 11.0 Å². The van der Waals surface area contributed by atoms with Crippen molar-refractivity contribution < 1.29 is 23.1 Å². The van der Waals surface area contributed by atoms with Crippen molar-refractivity contribution in [3.63, 3.8) is 0 Å². The van der Waals surface area contributed by atoms with Crippen molar-refractivity contribution in [1.29, 1.82) is 0 Å². The SMILES string of the molecule is CC(=O)O.Cn1ncc2ncc(C(=O)N3C[C@H]4[C@H](N)CS(=O)(=O)[C@H]4C3)cc21. The molecule has 0 bridgehead atoms. The summed E-state index contributed by atoms with van der Waals surface area (Å²) in [7, 11) is -1.42. The standard InChI is InChI=1S/C14H17N5O3S.C2H4O2/c1-18-12-2-8(3-16-11(12)4-17-18)14(20)19-5-9-10(15)7-23(21,22)13(9)6-19;1-2(3)4/h2-4,9-10,13H,5-7,15H2,1H3;1H3,(H,3,4)/t9-,10+,13-;/m0./s1. The third kappa shape index (κ3) is 3.65. The Kier molecular flexibility index (Phi) is 4.91. The molecule has 2 aliphatic heterocycles. The first kappa shape index (κ1) is 19.2. The topological polar surface area (TPSA) is 148 Å². The fourth-order valence-corrected chi connectivity index (χ4v) is 5.86. The number of pyridine rings is 1. The van der Waals surface area contributed by atoms with Gasteiger partial charge in [-0.1, -0.05) is 0 Å². The number of rotatable bonds is 1. The summed E-state index contributed by atoms with van der Waals surface area (Å²) in [6.45, 7) is 1.68. The number of aryl methyl sites for hydroxylation is 1. The Morgan fingerprint density at radius 1 is 1.30 bits per heavy atom. The van der Waals surface area contributed by atoms with E-state index < -0.39 is 21.1 Å². The van der Waals surface area contributed by atoms with E-state index in [1.54, 1.807) is 28.9 Å². The number of amides is 1. The number of likely N-dealkylation sites (tertiary alicyclic amines) is 1. The molecule has 4 heterocycles. The Hall–Kier alpha value is -2.53. The van der Waals surface area contributed by atoms with E-state index in [9.17, 15) is 13.2 Å².